The number of hydrogen-bond acceptors (Lipinski definition) is 3. The molecular weight excluding hydrogens is 140 g/mol. The Morgan fingerprint density at radius 1 is 1.73 bits per heavy atom. The summed E-state index contributed by atoms with van der Waals surface area (Å²) in [5, 5.41) is 3.08. The second-order valence-corrected chi connectivity index (χ2v) is 2.72. The van der Waals surface area contributed by atoms with Crippen molar-refractivity contribution in [3.05, 3.63) is 0 Å². The molecule has 0 aromatic rings. The Balaban J connectivity index is 2.24. The van der Waals surface area contributed by atoms with Gasteiger partial charge in [-0.3, -0.25) is 9.79 Å². The Bertz CT molecular complexity index is 175. The van der Waals surface area contributed by atoms with Gasteiger partial charge in [0.2, 0.25) is 0 Å². The molecule has 62 valence electrons. The van der Waals surface area contributed by atoms with E-state index in [-0.39, 0.29) is 0 Å². The normalized spacial score (nSPS) is 15.9. The summed E-state index contributed by atoms with van der Waals surface area (Å²) in [6.07, 6.45) is 2.13. The van der Waals surface area contributed by atoms with Crippen LogP contribution in [0.15, 0.2) is 4.99 Å². The molecule has 1 heterocycles. The quantitative estimate of drug-likeness (QED) is 0.649. The van der Waals surface area contributed by atoms with Gasteiger partial charge in [0, 0.05) is 13.0 Å². The van der Waals surface area contributed by atoms with Gasteiger partial charge in [-0.05, 0) is 6.42 Å². The monoisotopic (exact) mass is 154 g/mol. The average Bonchev–Trinajstić information content (AvgIpc) is 2.40. The summed E-state index contributed by atoms with van der Waals surface area (Å²) in [6, 6.07) is 0. The Kier molecular flexibility index (Phi) is 3.08. The van der Waals surface area contributed by atoms with E-state index in [0.29, 0.717) is 18.6 Å². The maximum absolute atomic E-state index is 11.1. The van der Waals surface area contributed by atoms with Gasteiger partial charge in [-0.15, -0.1) is 0 Å². The summed E-state index contributed by atoms with van der Waals surface area (Å²) in [7, 11) is 0. The SMILES string of the molecule is CCCC(=O)CC1=NCCN1. The molecule has 0 aromatic heterocycles. The van der Waals surface area contributed by atoms with Crippen LogP contribution in [0.5, 0.6) is 0 Å². The van der Waals surface area contributed by atoms with Gasteiger partial charge in [-0.1, -0.05) is 6.92 Å². The van der Waals surface area contributed by atoms with Gasteiger partial charge < -0.3 is 5.32 Å². The molecule has 0 aromatic carbocycles. The van der Waals surface area contributed by atoms with E-state index in [9.17, 15) is 4.79 Å². The Morgan fingerprint density at radius 3 is 3.09 bits per heavy atom. The number of ketones is 1. The first-order valence-electron chi connectivity index (χ1n) is 4.12. The van der Waals surface area contributed by atoms with E-state index in [4.69, 9.17) is 0 Å². The van der Waals surface area contributed by atoms with E-state index >= 15 is 0 Å². The molecular formula is C8H14N2O. The van der Waals surface area contributed by atoms with Crippen LogP contribution < -0.4 is 5.32 Å². The first-order valence-corrected chi connectivity index (χ1v) is 4.12. The number of carbonyl (C=O) groups excluding carboxylic acids is 1. The molecule has 1 aliphatic rings. The summed E-state index contributed by atoms with van der Waals surface area (Å²) in [4.78, 5) is 15.2. The van der Waals surface area contributed by atoms with E-state index in [1.54, 1.807) is 0 Å². The van der Waals surface area contributed by atoms with Crippen molar-refractivity contribution in [2.24, 2.45) is 4.99 Å². The van der Waals surface area contributed by atoms with Crippen LogP contribution >= 0.6 is 0 Å². The van der Waals surface area contributed by atoms with Crippen LogP contribution in [-0.4, -0.2) is 24.7 Å². The molecule has 1 N–H and O–H groups in total. The molecule has 0 fully saturated rings. The number of hydrogen-bond donors (Lipinski definition) is 1. The highest BCUT2D eigenvalue weighted by atomic mass is 16.1. The molecule has 0 aliphatic carbocycles. The zero-order valence-electron chi connectivity index (χ0n) is 6.89. The highest BCUT2D eigenvalue weighted by Crippen LogP contribution is 1.97. The van der Waals surface area contributed by atoms with Crippen LogP contribution in [0.1, 0.15) is 26.2 Å². The Hall–Kier alpha value is -0.860. The smallest absolute Gasteiger partial charge is 0.140 e. The van der Waals surface area contributed by atoms with Gasteiger partial charge >= 0.3 is 0 Å². The van der Waals surface area contributed by atoms with Crippen molar-refractivity contribution in [3.63, 3.8) is 0 Å². The molecule has 0 bridgehead atoms. The van der Waals surface area contributed by atoms with Gasteiger partial charge in [-0.25, -0.2) is 0 Å². The second kappa shape index (κ2) is 4.11. The number of rotatable bonds is 4. The number of aliphatic imine (C=N–C) groups is 1. The van der Waals surface area contributed by atoms with Gasteiger partial charge in [0.25, 0.3) is 0 Å². The predicted molar refractivity (Wildman–Crippen MR) is 44.8 cm³/mol. The fraction of sp³-hybridized carbons (Fsp3) is 0.750. The van der Waals surface area contributed by atoms with Crippen LogP contribution in [-0.2, 0) is 4.79 Å². The first-order chi connectivity index (χ1) is 5.33. The molecule has 0 saturated carbocycles. The molecule has 0 unspecified atom stereocenters. The van der Waals surface area contributed by atoms with Crippen LogP contribution in [0.4, 0.5) is 0 Å². The lowest BCUT2D eigenvalue weighted by Crippen LogP contribution is -2.21. The third kappa shape index (κ3) is 2.70. The van der Waals surface area contributed by atoms with Crippen LogP contribution in [0.2, 0.25) is 0 Å². The highest BCUT2D eigenvalue weighted by molar-refractivity contribution is 6.01. The minimum atomic E-state index is 0.292. The minimum absolute atomic E-state index is 0.292. The lowest BCUT2D eigenvalue weighted by atomic mass is 10.2. The second-order valence-electron chi connectivity index (χ2n) is 2.72. The van der Waals surface area contributed by atoms with Crippen LogP contribution in [0.3, 0.4) is 0 Å². The van der Waals surface area contributed by atoms with Crippen molar-refractivity contribution in [2.75, 3.05) is 13.1 Å². The number of amidine groups is 1. The number of nitrogens with one attached hydrogen (secondary N) is 1. The van der Waals surface area contributed by atoms with Crippen molar-refractivity contribution >= 4 is 11.6 Å². The summed E-state index contributed by atoms with van der Waals surface area (Å²) in [5.74, 6) is 1.17. The molecule has 0 spiro atoms. The summed E-state index contributed by atoms with van der Waals surface area (Å²) >= 11 is 0. The third-order valence-corrected chi connectivity index (χ3v) is 1.64. The summed E-state index contributed by atoms with van der Waals surface area (Å²) < 4.78 is 0. The largest absolute Gasteiger partial charge is 0.372 e. The summed E-state index contributed by atoms with van der Waals surface area (Å²) in [5.41, 5.74) is 0. The zero-order chi connectivity index (χ0) is 8.10. The van der Waals surface area contributed by atoms with E-state index in [2.05, 4.69) is 10.3 Å². The standard InChI is InChI=1S/C8H14N2O/c1-2-3-7(11)6-8-9-4-5-10-8/h2-6H2,1H3,(H,9,10). The lowest BCUT2D eigenvalue weighted by molar-refractivity contribution is -0.117. The van der Waals surface area contributed by atoms with Crippen molar-refractivity contribution < 1.29 is 4.79 Å². The molecule has 3 nitrogen and oxygen atoms in total. The first kappa shape index (κ1) is 8.24. The maximum Gasteiger partial charge on any atom is 0.140 e. The minimum Gasteiger partial charge on any atom is -0.372 e. The molecule has 1 aliphatic heterocycles. The van der Waals surface area contributed by atoms with E-state index in [1.165, 1.54) is 0 Å². The number of carbonyl (C=O) groups is 1. The average molecular weight is 154 g/mol. The molecule has 3 heteroatoms. The van der Waals surface area contributed by atoms with E-state index < -0.39 is 0 Å². The molecule has 0 atom stereocenters. The summed E-state index contributed by atoms with van der Waals surface area (Å²) in [6.45, 7) is 3.74. The van der Waals surface area contributed by atoms with Crippen molar-refractivity contribution in [2.45, 2.75) is 26.2 Å². The number of nitrogens with zero attached hydrogens (tertiary/aromatic N) is 1. The molecule has 1 rings (SSSR count). The van der Waals surface area contributed by atoms with Gasteiger partial charge in [0.05, 0.1) is 13.0 Å². The van der Waals surface area contributed by atoms with E-state index in [0.717, 1.165) is 25.3 Å². The molecule has 0 radical (unpaired) electrons. The van der Waals surface area contributed by atoms with Crippen LogP contribution in [0, 0.1) is 0 Å². The van der Waals surface area contributed by atoms with Crippen LogP contribution in [0.25, 0.3) is 0 Å². The van der Waals surface area contributed by atoms with Gasteiger partial charge in [0.15, 0.2) is 0 Å². The fourth-order valence-electron chi connectivity index (χ4n) is 1.12. The Morgan fingerprint density at radius 2 is 2.55 bits per heavy atom. The maximum atomic E-state index is 11.1. The predicted octanol–water partition coefficient (Wildman–Crippen LogP) is 0.747. The van der Waals surface area contributed by atoms with Gasteiger partial charge in [-0.2, -0.15) is 0 Å². The van der Waals surface area contributed by atoms with Crippen molar-refractivity contribution in [1.82, 2.24) is 5.32 Å². The third-order valence-electron chi connectivity index (χ3n) is 1.64. The van der Waals surface area contributed by atoms with Crippen molar-refractivity contribution in [3.8, 4) is 0 Å². The van der Waals surface area contributed by atoms with Gasteiger partial charge in [0.1, 0.15) is 11.6 Å². The van der Waals surface area contributed by atoms with Crippen molar-refractivity contribution in [1.29, 1.82) is 0 Å². The zero-order valence-corrected chi connectivity index (χ0v) is 6.89. The van der Waals surface area contributed by atoms with E-state index in [1.807, 2.05) is 6.92 Å². The lowest BCUT2D eigenvalue weighted by Gasteiger charge is -1.99. The molecule has 0 saturated heterocycles. The Labute approximate surface area is 66.9 Å². The fourth-order valence-corrected chi connectivity index (χ4v) is 1.12. The molecule has 0 amide bonds. The highest BCUT2D eigenvalue weighted by Gasteiger charge is 2.08. The topological polar surface area (TPSA) is 41.5 Å². The number of Topliss-reactive ketones (excluding diaryl/α,β-unsaturated/α-hetero) is 1. The molecule has 11 heavy (non-hydrogen) atoms.